The molecule has 1 aromatic carbocycles. The molecule has 1 aromatic rings. The highest BCUT2D eigenvalue weighted by molar-refractivity contribution is 6.32. The van der Waals surface area contributed by atoms with Gasteiger partial charge in [0.05, 0.1) is 0 Å². The Morgan fingerprint density at radius 2 is 1.62 bits per heavy atom. The van der Waals surface area contributed by atoms with Crippen molar-refractivity contribution in [3.05, 3.63) is 35.4 Å². The number of esters is 1. The first kappa shape index (κ1) is 15.4. The lowest BCUT2D eigenvalue weighted by molar-refractivity contribution is -0.158. The van der Waals surface area contributed by atoms with E-state index in [9.17, 15) is 14.4 Å². The maximum Gasteiger partial charge on any atom is 0.333 e. The van der Waals surface area contributed by atoms with E-state index >= 15 is 0 Å². The predicted molar refractivity (Wildman–Crippen MR) is 75.1 cm³/mol. The molecule has 0 fully saturated rings. The summed E-state index contributed by atoms with van der Waals surface area (Å²) in [6.45, 7) is 2.82. The van der Waals surface area contributed by atoms with Gasteiger partial charge in [-0.25, -0.2) is 4.79 Å². The Kier molecular flexibility index (Phi) is 4.23. The quantitative estimate of drug-likeness (QED) is 0.660. The third kappa shape index (κ3) is 2.17. The smallest absolute Gasteiger partial charge is 0.333 e. The van der Waals surface area contributed by atoms with Crippen molar-refractivity contribution in [2.75, 3.05) is 6.61 Å². The molecule has 0 aromatic heterocycles. The highest BCUT2D eigenvalue weighted by atomic mass is 16.6. The third-order valence-corrected chi connectivity index (χ3v) is 4.06. The minimum absolute atomic E-state index is 0.278. The van der Waals surface area contributed by atoms with Crippen LogP contribution in [0.1, 0.15) is 47.4 Å². The average molecular weight is 290 g/mol. The summed E-state index contributed by atoms with van der Waals surface area (Å²) in [7, 11) is 0. The Hall–Kier alpha value is -2.01. The Morgan fingerprint density at radius 1 is 1.14 bits per heavy atom. The summed E-state index contributed by atoms with van der Waals surface area (Å²) in [4.78, 5) is 37.1. The molecule has 0 unspecified atom stereocenters. The van der Waals surface area contributed by atoms with E-state index in [1.807, 2.05) is 13.8 Å². The fourth-order valence-corrected chi connectivity index (χ4v) is 3.00. The van der Waals surface area contributed by atoms with Crippen LogP contribution in [-0.2, 0) is 9.53 Å². The van der Waals surface area contributed by atoms with Crippen molar-refractivity contribution < 1.29 is 24.2 Å². The molecule has 0 radical (unpaired) electrons. The summed E-state index contributed by atoms with van der Waals surface area (Å²) >= 11 is 0. The van der Waals surface area contributed by atoms with Crippen molar-refractivity contribution in [1.82, 2.24) is 0 Å². The van der Waals surface area contributed by atoms with Crippen LogP contribution < -0.4 is 0 Å². The first-order valence-electron chi connectivity index (χ1n) is 7.04. The van der Waals surface area contributed by atoms with Crippen LogP contribution in [0, 0.1) is 5.92 Å². The van der Waals surface area contributed by atoms with Gasteiger partial charge < -0.3 is 9.84 Å². The largest absolute Gasteiger partial charge is 0.440 e. The lowest BCUT2D eigenvalue weighted by atomic mass is 9.79. The number of fused-ring (bicyclic) bond motifs is 1. The summed E-state index contributed by atoms with van der Waals surface area (Å²) in [5.74, 6) is -2.35. The number of Topliss-reactive ketones (excluding diaryl/α,β-unsaturated/α-hetero) is 2. The minimum Gasteiger partial charge on any atom is -0.440 e. The second-order valence-corrected chi connectivity index (χ2v) is 5.09. The molecule has 5 heteroatoms. The molecule has 1 N–H and O–H groups in total. The Labute approximate surface area is 122 Å². The first-order chi connectivity index (χ1) is 10.0. The van der Waals surface area contributed by atoms with E-state index < -0.39 is 35.7 Å². The van der Waals surface area contributed by atoms with Gasteiger partial charge in [0.25, 0.3) is 0 Å². The van der Waals surface area contributed by atoms with Crippen LogP contribution >= 0.6 is 0 Å². The summed E-state index contributed by atoms with van der Waals surface area (Å²) in [5, 5.41) is 8.93. The fraction of sp³-hybridized carbons (Fsp3) is 0.438. The first-order valence-corrected chi connectivity index (χ1v) is 7.04. The van der Waals surface area contributed by atoms with Crippen LogP contribution in [0.5, 0.6) is 0 Å². The second-order valence-electron chi connectivity index (χ2n) is 5.09. The van der Waals surface area contributed by atoms with E-state index in [1.165, 1.54) is 0 Å². The molecule has 0 aliphatic heterocycles. The van der Waals surface area contributed by atoms with Gasteiger partial charge in [-0.2, -0.15) is 0 Å². The molecule has 0 saturated carbocycles. The van der Waals surface area contributed by atoms with Gasteiger partial charge in [0.2, 0.25) is 17.2 Å². The summed E-state index contributed by atoms with van der Waals surface area (Å²) in [5.41, 5.74) is -1.27. The van der Waals surface area contributed by atoms with Crippen LogP contribution in [0.25, 0.3) is 0 Å². The fourth-order valence-electron chi connectivity index (χ4n) is 3.00. The van der Waals surface area contributed by atoms with Crippen LogP contribution in [0.3, 0.4) is 0 Å². The maximum atomic E-state index is 12.8. The van der Waals surface area contributed by atoms with Gasteiger partial charge in [-0.1, -0.05) is 38.1 Å². The van der Waals surface area contributed by atoms with Crippen molar-refractivity contribution in [2.24, 2.45) is 5.92 Å². The van der Waals surface area contributed by atoms with Gasteiger partial charge in [-0.3, -0.25) is 9.59 Å². The van der Waals surface area contributed by atoms with Crippen LogP contribution in [0.4, 0.5) is 0 Å². The average Bonchev–Trinajstić information content (AvgIpc) is 2.72. The molecular weight excluding hydrogens is 272 g/mol. The number of aliphatic hydroxyl groups excluding tert-OH is 1. The molecule has 1 aliphatic rings. The zero-order chi connectivity index (χ0) is 15.6. The molecule has 0 spiro atoms. The van der Waals surface area contributed by atoms with E-state index in [0.29, 0.717) is 12.8 Å². The molecule has 0 amide bonds. The molecule has 21 heavy (non-hydrogen) atoms. The molecule has 0 heterocycles. The highest BCUT2D eigenvalue weighted by Gasteiger charge is 2.59. The number of ether oxygens (including phenoxy) is 1. The van der Waals surface area contributed by atoms with Crippen LogP contribution in [0.2, 0.25) is 0 Å². The number of hydrogen-bond acceptors (Lipinski definition) is 5. The van der Waals surface area contributed by atoms with Crippen molar-refractivity contribution in [3.63, 3.8) is 0 Å². The molecule has 2 rings (SSSR count). The highest BCUT2D eigenvalue weighted by Crippen LogP contribution is 2.41. The van der Waals surface area contributed by atoms with Crippen molar-refractivity contribution in [2.45, 2.75) is 32.3 Å². The van der Waals surface area contributed by atoms with E-state index in [2.05, 4.69) is 0 Å². The number of hydrogen-bond donors (Lipinski definition) is 1. The topological polar surface area (TPSA) is 80.7 Å². The van der Waals surface area contributed by atoms with Gasteiger partial charge in [-0.05, 0) is 12.8 Å². The second kappa shape index (κ2) is 5.77. The van der Waals surface area contributed by atoms with Gasteiger partial charge in [0.15, 0.2) is 0 Å². The van der Waals surface area contributed by atoms with Crippen LogP contribution in [0.15, 0.2) is 24.3 Å². The van der Waals surface area contributed by atoms with E-state index in [1.54, 1.807) is 24.3 Å². The van der Waals surface area contributed by atoms with Crippen molar-refractivity contribution in [3.8, 4) is 0 Å². The number of aliphatic hydroxyl groups is 1. The normalized spacial score (nSPS) is 16.2. The van der Waals surface area contributed by atoms with Gasteiger partial charge in [0.1, 0.15) is 6.61 Å². The molecule has 1 aliphatic carbocycles. The Balaban J connectivity index is 2.59. The molecule has 112 valence electrons. The number of ketones is 2. The lowest BCUT2D eigenvalue weighted by Gasteiger charge is -2.32. The molecule has 0 saturated heterocycles. The number of benzene rings is 1. The van der Waals surface area contributed by atoms with Gasteiger partial charge in [-0.15, -0.1) is 0 Å². The molecule has 0 bridgehead atoms. The number of carbonyl (C=O) groups excluding carboxylic acids is 3. The summed E-state index contributed by atoms with van der Waals surface area (Å²) in [6.07, 6.45) is 1.03. The lowest BCUT2D eigenvalue weighted by Crippen LogP contribution is -2.52. The standard InChI is InChI=1S/C16H18O5/c1-3-10(4-2)16(21-13(18)9-17)14(19)11-7-5-6-8-12(11)15(16)20/h5-8,10,17H,3-4,9H2,1-2H3. The van der Waals surface area contributed by atoms with Crippen molar-refractivity contribution >= 4 is 17.5 Å². The predicted octanol–water partition coefficient (Wildman–Crippen LogP) is 1.78. The molecular formula is C16H18O5. The maximum absolute atomic E-state index is 12.8. The number of rotatable bonds is 5. The minimum atomic E-state index is -1.83. The molecule has 0 atom stereocenters. The van der Waals surface area contributed by atoms with Crippen molar-refractivity contribution in [1.29, 1.82) is 0 Å². The van der Waals surface area contributed by atoms with E-state index in [4.69, 9.17) is 9.84 Å². The van der Waals surface area contributed by atoms with Gasteiger partial charge in [0, 0.05) is 17.0 Å². The third-order valence-electron chi connectivity index (χ3n) is 4.06. The SMILES string of the molecule is CCC(CC)C1(OC(=O)CO)C(=O)c2ccccc2C1=O. The zero-order valence-corrected chi connectivity index (χ0v) is 12.1. The van der Waals surface area contributed by atoms with E-state index in [0.717, 1.165) is 0 Å². The summed E-state index contributed by atoms with van der Waals surface area (Å²) < 4.78 is 5.21. The van der Waals surface area contributed by atoms with Crippen LogP contribution in [-0.4, -0.2) is 34.9 Å². The Bertz CT molecular complexity index is 551. The summed E-state index contributed by atoms with van der Waals surface area (Å²) in [6, 6.07) is 6.46. The van der Waals surface area contributed by atoms with Gasteiger partial charge >= 0.3 is 5.97 Å². The molecule has 5 nitrogen and oxygen atoms in total. The zero-order valence-electron chi connectivity index (χ0n) is 12.1. The number of carbonyl (C=O) groups is 3. The Morgan fingerprint density at radius 3 is 2.00 bits per heavy atom. The monoisotopic (exact) mass is 290 g/mol. The van der Waals surface area contributed by atoms with E-state index in [-0.39, 0.29) is 11.1 Å².